The summed E-state index contributed by atoms with van der Waals surface area (Å²) in [5.74, 6) is 0.460. The molecule has 0 fully saturated rings. The highest BCUT2D eigenvalue weighted by molar-refractivity contribution is 7.15. The number of benzene rings is 2. The van der Waals surface area contributed by atoms with E-state index in [9.17, 15) is 4.79 Å². The minimum atomic E-state index is -0.592. The Hall–Kier alpha value is -3.07. The minimum absolute atomic E-state index is 0.326. The summed E-state index contributed by atoms with van der Waals surface area (Å²) in [7, 11) is 0. The Bertz CT molecular complexity index is 1220. The summed E-state index contributed by atoms with van der Waals surface area (Å²) in [5.41, 5.74) is 5.35. The first-order chi connectivity index (χ1) is 17.1. The number of carbonyl (C=O) groups is 1. The number of esters is 1. The maximum atomic E-state index is 12.1. The van der Waals surface area contributed by atoms with Gasteiger partial charge in [0.25, 0.3) is 0 Å². The normalized spacial score (nSPS) is 11.9. The van der Waals surface area contributed by atoms with Gasteiger partial charge in [0.2, 0.25) is 0 Å². The molecule has 0 aliphatic rings. The van der Waals surface area contributed by atoms with E-state index in [-0.39, 0.29) is 5.97 Å². The summed E-state index contributed by atoms with van der Waals surface area (Å²) in [6.45, 7) is 7.08. The Labute approximate surface area is 213 Å². The molecule has 0 unspecified atom stereocenters. The molecule has 2 aromatic carbocycles. The Morgan fingerprint density at radius 1 is 1.00 bits per heavy atom. The van der Waals surface area contributed by atoms with Gasteiger partial charge in [-0.3, -0.25) is 0 Å². The molecular weight excluding hydrogens is 480 g/mol. The summed E-state index contributed by atoms with van der Waals surface area (Å²) in [4.78, 5) is 14.5. The molecule has 2 aromatic heterocycles. The Kier molecular flexibility index (Phi) is 8.63. The first-order valence-electron chi connectivity index (χ1n) is 11.5. The van der Waals surface area contributed by atoms with E-state index in [1.165, 1.54) is 32.4 Å². The fourth-order valence-corrected chi connectivity index (χ4v) is 5.19. The van der Waals surface area contributed by atoms with Crippen molar-refractivity contribution in [2.45, 2.75) is 39.9 Å². The van der Waals surface area contributed by atoms with Crippen molar-refractivity contribution in [2.75, 3.05) is 13.2 Å². The third-order valence-corrected chi connectivity index (χ3v) is 7.24. The van der Waals surface area contributed by atoms with E-state index in [4.69, 9.17) is 14.2 Å². The van der Waals surface area contributed by atoms with Crippen LogP contribution in [0.25, 0.3) is 21.7 Å². The van der Waals surface area contributed by atoms with Crippen molar-refractivity contribution in [3.63, 3.8) is 0 Å². The van der Waals surface area contributed by atoms with Crippen LogP contribution in [0.4, 0.5) is 0 Å². The molecule has 0 N–H and O–H groups in total. The number of nitrogens with zero attached hydrogens (tertiary/aromatic N) is 2. The second kappa shape index (κ2) is 12.1. The number of rotatable bonds is 11. The van der Waals surface area contributed by atoms with Crippen LogP contribution in [-0.4, -0.2) is 34.9 Å². The van der Waals surface area contributed by atoms with Crippen molar-refractivity contribution in [1.29, 1.82) is 0 Å². The van der Waals surface area contributed by atoms with E-state index >= 15 is 0 Å². The van der Waals surface area contributed by atoms with Crippen LogP contribution in [0.1, 0.15) is 29.9 Å². The fraction of sp³-hybridized carbons (Fsp3) is 0.296. The van der Waals surface area contributed by atoms with Gasteiger partial charge in [-0.25, -0.2) is 4.79 Å². The molecule has 35 heavy (non-hydrogen) atoms. The van der Waals surface area contributed by atoms with Crippen molar-refractivity contribution in [3.8, 4) is 27.4 Å². The maximum absolute atomic E-state index is 12.1. The zero-order valence-corrected chi connectivity index (χ0v) is 21.7. The van der Waals surface area contributed by atoms with E-state index < -0.39 is 6.10 Å². The van der Waals surface area contributed by atoms with Gasteiger partial charge in [0, 0.05) is 33.7 Å². The number of thiophene rings is 1. The molecule has 0 saturated carbocycles. The summed E-state index contributed by atoms with van der Waals surface area (Å²) in [5, 5.41) is 6.08. The van der Waals surface area contributed by atoms with Gasteiger partial charge in [-0.15, -0.1) is 16.4 Å². The lowest BCUT2D eigenvalue weighted by molar-refractivity contribution is -0.156. The van der Waals surface area contributed by atoms with E-state index in [1.54, 1.807) is 18.3 Å². The maximum Gasteiger partial charge on any atom is 0.335 e. The van der Waals surface area contributed by atoms with Gasteiger partial charge in [-0.05, 0) is 67.2 Å². The van der Waals surface area contributed by atoms with Crippen LogP contribution in [0.15, 0.2) is 60.0 Å². The SMILES string of the molecule is CCOC(=O)[C@H](Cc1ccc(OCc2sc(-c3ccc(-c4csnn4)cc3)cc2C)cc1)OCC. The Morgan fingerprint density at radius 3 is 2.40 bits per heavy atom. The molecule has 0 radical (unpaired) electrons. The zero-order valence-electron chi connectivity index (χ0n) is 20.0. The Balaban J connectivity index is 1.36. The topological polar surface area (TPSA) is 70.5 Å². The number of hydrogen-bond acceptors (Lipinski definition) is 8. The van der Waals surface area contributed by atoms with Crippen LogP contribution in [0.5, 0.6) is 5.75 Å². The monoisotopic (exact) mass is 508 g/mol. The fourth-order valence-electron chi connectivity index (χ4n) is 3.63. The standard InChI is InChI=1S/C27H28N2O4S2/c1-4-31-24(27(30)32-5-2)15-19-6-12-22(13-7-19)33-16-26-18(3)14-25(35-26)21-10-8-20(9-11-21)23-17-34-29-28-23/h6-14,17,24H,4-5,15-16H2,1-3H3/t24-/m0/s1. The summed E-state index contributed by atoms with van der Waals surface area (Å²) in [6, 6.07) is 18.4. The van der Waals surface area contributed by atoms with Crippen molar-refractivity contribution in [3.05, 3.63) is 76.0 Å². The van der Waals surface area contributed by atoms with E-state index in [0.29, 0.717) is 26.2 Å². The van der Waals surface area contributed by atoms with Crippen LogP contribution in [0, 0.1) is 6.92 Å². The third kappa shape index (κ3) is 6.54. The summed E-state index contributed by atoms with van der Waals surface area (Å²) < 4.78 is 20.7. The highest BCUT2D eigenvalue weighted by atomic mass is 32.1. The van der Waals surface area contributed by atoms with Crippen molar-refractivity contribution in [2.24, 2.45) is 0 Å². The van der Waals surface area contributed by atoms with Gasteiger partial charge < -0.3 is 14.2 Å². The van der Waals surface area contributed by atoms with Crippen molar-refractivity contribution < 1.29 is 19.0 Å². The van der Waals surface area contributed by atoms with Gasteiger partial charge in [-0.1, -0.05) is 40.9 Å². The first kappa shape index (κ1) is 25.0. The third-order valence-electron chi connectivity index (χ3n) is 5.48. The van der Waals surface area contributed by atoms with E-state index in [2.05, 4.69) is 46.8 Å². The lowest BCUT2D eigenvalue weighted by atomic mass is 10.1. The highest BCUT2D eigenvalue weighted by Crippen LogP contribution is 2.33. The van der Waals surface area contributed by atoms with Gasteiger partial charge in [0.1, 0.15) is 18.1 Å². The molecule has 1 atom stereocenters. The Morgan fingerprint density at radius 2 is 1.74 bits per heavy atom. The molecular formula is C27H28N2O4S2. The van der Waals surface area contributed by atoms with Crippen LogP contribution in [0.3, 0.4) is 0 Å². The average Bonchev–Trinajstić information content (AvgIpc) is 3.54. The number of hydrogen-bond donors (Lipinski definition) is 0. The van der Waals surface area contributed by atoms with Gasteiger partial charge in [0.05, 0.1) is 6.61 Å². The molecule has 0 bridgehead atoms. The van der Waals surface area contributed by atoms with Crippen LogP contribution >= 0.6 is 22.9 Å². The smallest absolute Gasteiger partial charge is 0.335 e. The molecule has 0 amide bonds. The number of aryl methyl sites for hydroxylation is 1. The molecule has 4 rings (SSSR count). The largest absolute Gasteiger partial charge is 0.488 e. The molecule has 182 valence electrons. The number of aromatic nitrogens is 2. The minimum Gasteiger partial charge on any atom is -0.488 e. The lowest BCUT2D eigenvalue weighted by Gasteiger charge is -2.15. The van der Waals surface area contributed by atoms with Gasteiger partial charge >= 0.3 is 5.97 Å². The second-order valence-corrected chi connectivity index (χ2v) is 9.66. The molecule has 8 heteroatoms. The predicted octanol–water partition coefficient (Wildman–Crippen LogP) is 6.33. The zero-order chi connectivity index (χ0) is 24.6. The summed E-state index contributed by atoms with van der Waals surface area (Å²) in [6.07, 6.45) is -0.121. The number of ether oxygens (including phenoxy) is 3. The predicted molar refractivity (Wildman–Crippen MR) is 140 cm³/mol. The first-order valence-corrected chi connectivity index (χ1v) is 13.2. The van der Waals surface area contributed by atoms with Crippen LogP contribution in [-0.2, 0) is 27.3 Å². The molecule has 4 aromatic rings. The molecule has 0 aliphatic carbocycles. The van der Waals surface area contributed by atoms with Crippen molar-refractivity contribution >= 4 is 28.8 Å². The molecule has 0 saturated heterocycles. The van der Waals surface area contributed by atoms with Gasteiger partial charge in [0.15, 0.2) is 6.10 Å². The van der Waals surface area contributed by atoms with Crippen LogP contribution in [0.2, 0.25) is 0 Å². The van der Waals surface area contributed by atoms with E-state index in [0.717, 1.165) is 22.6 Å². The molecule has 0 aliphatic heterocycles. The van der Waals surface area contributed by atoms with Crippen molar-refractivity contribution in [1.82, 2.24) is 9.59 Å². The lowest BCUT2D eigenvalue weighted by Crippen LogP contribution is -2.28. The highest BCUT2D eigenvalue weighted by Gasteiger charge is 2.20. The average molecular weight is 509 g/mol. The summed E-state index contributed by atoms with van der Waals surface area (Å²) >= 11 is 3.10. The van der Waals surface area contributed by atoms with Gasteiger partial charge in [-0.2, -0.15) is 0 Å². The quantitative estimate of drug-likeness (QED) is 0.220. The second-order valence-electron chi connectivity index (χ2n) is 7.92. The molecule has 2 heterocycles. The number of carbonyl (C=O) groups excluding carboxylic acids is 1. The van der Waals surface area contributed by atoms with E-state index in [1.807, 2.05) is 36.6 Å². The van der Waals surface area contributed by atoms with Crippen LogP contribution < -0.4 is 4.74 Å². The molecule has 0 spiro atoms. The molecule has 6 nitrogen and oxygen atoms in total.